The zero-order valence-corrected chi connectivity index (χ0v) is 20.4. The van der Waals surface area contributed by atoms with Gasteiger partial charge >= 0.3 is 18.1 Å². The Kier molecular flexibility index (Phi) is 7.97. The maximum Gasteiger partial charge on any atom is 0.471 e. The lowest BCUT2D eigenvalue weighted by molar-refractivity contribution is -0.188. The van der Waals surface area contributed by atoms with Crippen molar-refractivity contribution in [2.24, 2.45) is 10.8 Å². The molecule has 1 aromatic carbocycles. The highest BCUT2D eigenvalue weighted by Crippen LogP contribution is 2.47. The Morgan fingerprint density at radius 1 is 1.12 bits per heavy atom. The monoisotopic (exact) mass is 484 g/mol. The van der Waals surface area contributed by atoms with Gasteiger partial charge in [0.05, 0.1) is 19.1 Å². The van der Waals surface area contributed by atoms with Crippen molar-refractivity contribution in [3.8, 4) is 0 Å². The van der Waals surface area contributed by atoms with Crippen molar-refractivity contribution in [3.05, 3.63) is 35.9 Å². The number of alkyl halides is 3. The molecular formula is C25H35F3N2O4. The van der Waals surface area contributed by atoms with Crippen LogP contribution in [0.3, 0.4) is 0 Å². The fraction of sp³-hybridized carbons (Fsp3) is 0.680. The molecule has 2 fully saturated rings. The molecule has 0 unspecified atom stereocenters. The maximum atomic E-state index is 13.6. The Balaban J connectivity index is 1.74. The highest BCUT2D eigenvalue weighted by molar-refractivity contribution is 5.82. The number of benzene rings is 1. The summed E-state index contributed by atoms with van der Waals surface area (Å²) in [5, 5.41) is 0. The van der Waals surface area contributed by atoms with Crippen LogP contribution in [0.1, 0.15) is 44.6 Å². The highest BCUT2D eigenvalue weighted by atomic mass is 19.4. The summed E-state index contributed by atoms with van der Waals surface area (Å²) in [6, 6.07) is 8.90. The third-order valence-electron chi connectivity index (χ3n) is 7.12. The second kappa shape index (κ2) is 10.2. The molecule has 1 saturated heterocycles. The van der Waals surface area contributed by atoms with Gasteiger partial charge in [0, 0.05) is 37.6 Å². The fourth-order valence-corrected chi connectivity index (χ4v) is 5.19. The number of hydrogen-bond acceptors (Lipinski definition) is 5. The number of halogens is 3. The molecule has 1 amide bonds. The Labute approximate surface area is 199 Å². The van der Waals surface area contributed by atoms with Gasteiger partial charge in [-0.2, -0.15) is 13.2 Å². The second-order valence-corrected chi connectivity index (χ2v) is 10.3. The lowest BCUT2D eigenvalue weighted by Gasteiger charge is -2.45. The lowest BCUT2D eigenvalue weighted by atomic mass is 9.77. The smallest absolute Gasteiger partial charge is 0.469 e. The van der Waals surface area contributed by atoms with Crippen LogP contribution in [0.4, 0.5) is 13.2 Å². The van der Waals surface area contributed by atoms with E-state index in [0.717, 1.165) is 10.5 Å². The molecule has 1 aliphatic carbocycles. The van der Waals surface area contributed by atoms with Gasteiger partial charge in [0.2, 0.25) is 0 Å². The average Bonchev–Trinajstić information content (AvgIpc) is 3.59. The van der Waals surface area contributed by atoms with Crippen LogP contribution in [0.2, 0.25) is 0 Å². The van der Waals surface area contributed by atoms with Crippen LogP contribution >= 0.6 is 0 Å². The van der Waals surface area contributed by atoms with Crippen LogP contribution in [0, 0.1) is 10.8 Å². The van der Waals surface area contributed by atoms with Gasteiger partial charge in [0.15, 0.2) is 0 Å². The molecular weight excluding hydrogens is 449 g/mol. The predicted octanol–water partition coefficient (Wildman–Crippen LogP) is 3.86. The molecule has 1 saturated carbocycles. The zero-order chi connectivity index (χ0) is 25.1. The van der Waals surface area contributed by atoms with Gasteiger partial charge in [0.1, 0.15) is 0 Å². The topological polar surface area (TPSA) is 59.1 Å². The Morgan fingerprint density at radius 3 is 2.26 bits per heavy atom. The molecule has 0 radical (unpaired) electrons. The first kappa shape index (κ1) is 26.5. The van der Waals surface area contributed by atoms with E-state index in [2.05, 4.69) is 4.90 Å². The molecule has 2 aliphatic rings. The van der Waals surface area contributed by atoms with Crippen LogP contribution < -0.4 is 0 Å². The molecule has 1 aromatic rings. The largest absolute Gasteiger partial charge is 0.471 e. The molecule has 9 heteroatoms. The summed E-state index contributed by atoms with van der Waals surface area (Å²) in [6.07, 6.45) is -3.26. The number of esters is 1. The average molecular weight is 485 g/mol. The first-order chi connectivity index (χ1) is 15.9. The molecule has 0 N–H and O–H groups in total. The summed E-state index contributed by atoms with van der Waals surface area (Å²) in [5.74, 6) is -2.17. The van der Waals surface area contributed by atoms with Crippen molar-refractivity contribution >= 4 is 11.9 Å². The normalized spacial score (nSPS) is 22.8. The number of carbonyl (C=O) groups is 2. The number of rotatable bonds is 9. The molecule has 1 aliphatic heterocycles. The van der Waals surface area contributed by atoms with Crippen LogP contribution in [0.5, 0.6) is 0 Å². The second-order valence-electron chi connectivity index (χ2n) is 10.3. The van der Waals surface area contributed by atoms with Gasteiger partial charge in [-0.1, -0.05) is 30.3 Å². The molecule has 0 spiro atoms. The third kappa shape index (κ3) is 6.10. The fourth-order valence-electron chi connectivity index (χ4n) is 5.19. The van der Waals surface area contributed by atoms with E-state index in [1.165, 1.54) is 14.2 Å². The van der Waals surface area contributed by atoms with Gasteiger partial charge in [-0.15, -0.1) is 0 Å². The molecule has 0 bridgehead atoms. The van der Waals surface area contributed by atoms with Crippen LogP contribution in [0.25, 0.3) is 0 Å². The molecule has 2 atom stereocenters. The molecule has 1 heterocycles. The summed E-state index contributed by atoms with van der Waals surface area (Å²) in [6.45, 7) is 5.60. The predicted molar refractivity (Wildman–Crippen MR) is 121 cm³/mol. The minimum atomic E-state index is -4.93. The summed E-state index contributed by atoms with van der Waals surface area (Å²) >= 11 is 0. The van der Waals surface area contributed by atoms with E-state index in [-0.39, 0.29) is 25.0 Å². The molecule has 0 aromatic heterocycles. The Hall–Kier alpha value is -2.13. The van der Waals surface area contributed by atoms with E-state index in [9.17, 15) is 22.8 Å². The maximum absolute atomic E-state index is 13.6. The van der Waals surface area contributed by atoms with Crippen LogP contribution in [0.15, 0.2) is 30.3 Å². The number of ether oxygens (including phenoxy) is 2. The number of amides is 1. The van der Waals surface area contributed by atoms with Crippen molar-refractivity contribution in [3.63, 3.8) is 0 Å². The number of piperidine rings is 1. The molecule has 3 rings (SSSR count). The quantitative estimate of drug-likeness (QED) is 0.498. The van der Waals surface area contributed by atoms with Crippen molar-refractivity contribution in [1.82, 2.24) is 9.80 Å². The van der Waals surface area contributed by atoms with Crippen molar-refractivity contribution < 1.29 is 32.2 Å². The summed E-state index contributed by atoms with van der Waals surface area (Å²) < 4.78 is 51.0. The number of hydrogen-bond donors (Lipinski definition) is 0. The lowest BCUT2D eigenvalue weighted by Crippen LogP contribution is -2.54. The molecule has 6 nitrogen and oxygen atoms in total. The summed E-state index contributed by atoms with van der Waals surface area (Å²) in [4.78, 5) is 27.7. The van der Waals surface area contributed by atoms with Gasteiger partial charge in [-0.05, 0) is 51.8 Å². The number of likely N-dealkylation sites (tertiary alicyclic amines) is 1. The van der Waals surface area contributed by atoms with Crippen molar-refractivity contribution in [1.29, 1.82) is 0 Å². The number of nitrogens with zero attached hydrogens (tertiary/aromatic N) is 2. The Morgan fingerprint density at radius 2 is 1.74 bits per heavy atom. The number of methoxy groups -OCH3 is 2. The van der Waals surface area contributed by atoms with Crippen LogP contribution in [-0.4, -0.2) is 80.9 Å². The van der Waals surface area contributed by atoms with E-state index >= 15 is 0 Å². The minimum Gasteiger partial charge on any atom is -0.469 e. The van der Waals surface area contributed by atoms with Crippen LogP contribution in [-0.2, 0) is 19.1 Å². The van der Waals surface area contributed by atoms with Gasteiger partial charge in [-0.25, -0.2) is 0 Å². The third-order valence-corrected chi connectivity index (χ3v) is 7.12. The van der Waals surface area contributed by atoms with Gasteiger partial charge in [0.25, 0.3) is 0 Å². The standard InChI is InChI=1S/C25H35F3N2O4/c1-23(2,22(32)34-4)15-29-12-10-24(11-13-29,17-33-3)16-30(21(31)25(26,27)28)20-14-19(20)18-8-6-5-7-9-18/h5-9,19-20H,10-17H2,1-4H3/t19-,20+/m0/s1. The summed E-state index contributed by atoms with van der Waals surface area (Å²) in [7, 11) is 2.89. The first-order valence-electron chi connectivity index (χ1n) is 11.6. The number of carbonyl (C=O) groups excluding carboxylic acids is 2. The summed E-state index contributed by atoms with van der Waals surface area (Å²) in [5.41, 5.74) is -0.315. The SMILES string of the molecule is COCC1(CN(C(=O)C(F)(F)F)[C@@H]2C[C@H]2c2ccccc2)CCN(CC(C)(C)C(=O)OC)CC1. The Bertz CT molecular complexity index is 851. The van der Waals surface area contributed by atoms with Crippen molar-refractivity contribution in [2.45, 2.75) is 51.2 Å². The highest BCUT2D eigenvalue weighted by Gasteiger charge is 2.54. The van der Waals surface area contributed by atoms with E-state index in [0.29, 0.717) is 38.9 Å². The molecule has 34 heavy (non-hydrogen) atoms. The van der Waals surface area contributed by atoms with Gasteiger partial charge in [-0.3, -0.25) is 9.59 Å². The van der Waals surface area contributed by atoms with E-state index in [1.807, 2.05) is 44.2 Å². The zero-order valence-electron chi connectivity index (χ0n) is 20.4. The van der Waals surface area contributed by atoms with Gasteiger partial charge < -0.3 is 19.3 Å². The van der Waals surface area contributed by atoms with Crippen molar-refractivity contribution in [2.75, 3.05) is 47.0 Å². The van der Waals surface area contributed by atoms with E-state index in [1.54, 1.807) is 0 Å². The van der Waals surface area contributed by atoms with E-state index in [4.69, 9.17) is 9.47 Å². The van der Waals surface area contributed by atoms with E-state index < -0.39 is 29.0 Å². The molecule has 190 valence electrons. The minimum absolute atomic E-state index is 0.00141. The first-order valence-corrected chi connectivity index (χ1v) is 11.6.